The average Bonchev–Trinajstić information content (AvgIpc) is 2.28. The van der Waals surface area contributed by atoms with E-state index in [-0.39, 0.29) is 0 Å². The number of nitrogens with zero attached hydrogens (tertiary/aromatic N) is 1. The summed E-state index contributed by atoms with van der Waals surface area (Å²) in [6.45, 7) is 0. The number of ether oxygens (including phenoxy) is 1. The highest BCUT2D eigenvalue weighted by molar-refractivity contribution is 6.33. The van der Waals surface area contributed by atoms with E-state index in [0.717, 1.165) is 0 Å². The van der Waals surface area contributed by atoms with Gasteiger partial charge in [0.2, 0.25) is 0 Å². The molecule has 86 valence electrons. The normalized spacial score (nSPS) is 10.2. The molecule has 0 bridgehead atoms. The molecule has 0 heterocycles. The van der Waals surface area contributed by atoms with Gasteiger partial charge in [-0.1, -0.05) is 22.8 Å². The van der Waals surface area contributed by atoms with Crippen LogP contribution in [0.3, 0.4) is 0 Å². The van der Waals surface area contributed by atoms with Gasteiger partial charge < -0.3 is 9.57 Å². The zero-order valence-corrected chi connectivity index (χ0v) is 9.62. The third-order valence-corrected chi connectivity index (χ3v) is 2.09. The summed E-state index contributed by atoms with van der Waals surface area (Å²) < 4.78 is 4.48. The van der Waals surface area contributed by atoms with E-state index >= 15 is 0 Å². The number of halogens is 1. The monoisotopic (exact) mass is 242 g/mol. The Morgan fingerprint density at radius 2 is 2.25 bits per heavy atom. The van der Waals surface area contributed by atoms with E-state index in [1.807, 2.05) is 0 Å². The minimum Gasteiger partial charge on any atom is -0.453 e. The number of carbonyl (C=O) groups is 1. The summed E-state index contributed by atoms with van der Waals surface area (Å²) in [6, 6.07) is 5.07. The number of oxime groups is 1. The highest BCUT2D eigenvalue weighted by Gasteiger charge is 2.08. The number of rotatable bonds is 3. The van der Waals surface area contributed by atoms with Crippen LogP contribution in [0.4, 0.5) is 10.5 Å². The minimum atomic E-state index is -0.575. The van der Waals surface area contributed by atoms with E-state index in [1.54, 1.807) is 18.2 Å². The van der Waals surface area contributed by atoms with E-state index in [4.69, 9.17) is 11.6 Å². The first-order valence-electron chi connectivity index (χ1n) is 4.39. The number of nitrogens with one attached hydrogen (secondary N) is 1. The van der Waals surface area contributed by atoms with Gasteiger partial charge in [0, 0.05) is 5.56 Å². The summed E-state index contributed by atoms with van der Waals surface area (Å²) in [4.78, 5) is 15.6. The summed E-state index contributed by atoms with van der Waals surface area (Å²) in [5, 5.41) is 6.57. The molecule has 0 saturated heterocycles. The highest BCUT2D eigenvalue weighted by atomic mass is 35.5. The lowest BCUT2D eigenvalue weighted by atomic mass is 10.2. The summed E-state index contributed by atoms with van der Waals surface area (Å²) in [6.07, 6.45) is 0.836. The van der Waals surface area contributed by atoms with Crippen molar-refractivity contribution >= 4 is 29.6 Å². The van der Waals surface area contributed by atoms with Gasteiger partial charge in [0.25, 0.3) is 0 Å². The Bertz CT molecular complexity index is 407. The van der Waals surface area contributed by atoms with Gasteiger partial charge in [-0.3, -0.25) is 5.32 Å². The molecule has 1 aromatic carbocycles. The number of benzene rings is 1. The lowest BCUT2D eigenvalue weighted by Gasteiger charge is -2.07. The molecular formula is C10H11ClN2O3. The molecule has 0 aliphatic carbocycles. The van der Waals surface area contributed by atoms with E-state index < -0.39 is 6.09 Å². The molecule has 16 heavy (non-hydrogen) atoms. The summed E-state index contributed by atoms with van der Waals surface area (Å²) in [5.74, 6) is 0. The van der Waals surface area contributed by atoms with Crippen LogP contribution >= 0.6 is 11.6 Å². The first-order valence-corrected chi connectivity index (χ1v) is 4.77. The molecule has 1 rings (SSSR count). The molecule has 0 aliphatic heterocycles. The smallest absolute Gasteiger partial charge is 0.411 e. The van der Waals surface area contributed by atoms with Crippen LogP contribution in [0.2, 0.25) is 5.02 Å². The van der Waals surface area contributed by atoms with Crippen molar-refractivity contribution in [2.45, 2.75) is 0 Å². The fraction of sp³-hybridized carbons (Fsp3) is 0.200. The number of amides is 1. The third-order valence-electron chi connectivity index (χ3n) is 1.76. The average molecular weight is 243 g/mol. The third kappa shape index (κ3) is 3.13. The number of methoxy groups -OCH3 is 1. The van der Waals surface area contributed by atoms with Gasteiger partial charge >= 0.3 is 6.09 Å². The number of carbonyl (C=O) groups excluding carboxylic acids is 1. The second kappa shape index (κ2) is 5.97. The Hall–Kier alpha value is -1.75. The van der Waals surface area contributed by atoms with Crippen LogP contribution in [-0.2, 0) is 9.57 Å². The van der Waals surface area contributed by atoms with Gasteiger partial charge in [-0.05, 0) is 12.1 Å². The van der Waals surface area contributed by atoms with E-state index in [2.05, 4.69) is 20.0 Å². The van der Waals surface area contributed by atoms with Gasteiger partial charge in [-0.2, -0.15) is 0 Å². The standard InChI is InChI=1S/C10H11ClN2O3/c1-15-10(14)13-9-5-3-4-8(11)7(9)6-12-16-2/h3-6H,1-2H3,(H,13,14)/b12-6+. The van der Waals surface area contributed by atoms with Gasteiger partial charge in [-0.15, -0.1) is 0 Å². The maximum absolute atomic E-state index is 11.1. The molecule has 0 aliphatic rings. The fourth-order valence-electron chi connectivity index (χ4n) is 1.04. The van der Waals surface area contributed by atoms with Gasteiger partial charge in [0.1, 0.15) is 7.11 Å². The van der Waals surface area contributed by atoms with Crippen LogP contribution in [0.15, 0.2) is 23.4 Å². The lowest BCUT2D eigenvalue weighted by Crippen LogP contribution is -2.12. The molecule has 0 radical (unpaired) electrons. The maximum Gasteiger partial charge on any atom is 0.411 e. The van der Waals surface area contributed by atoms with E-state index in [1.165, 1.54) is 20.4 Å². The van der Waals surface area contributed by atoms with Crippen LogP contribution in [0.25, 0.3) is 0 Å². The van der Waals surface area contributed by atoms with Crippen molar-refractivity contribution in [3.8, 4) is 0 Å². The summed E-state index contributed by atoms with van der Waals surface area (Å²) in [5.41, 5.74) is 1.05. The number of anilines is 1. The quantitative estimate of drug-likeness (QED) is 0.654. The fourth-order valence-corrected chi connectivity index (χ4v) is 1.27. The minimum absolute atomic E-state index is 0.453. The van der Waals surface area contributed by atoms with Gasteiger partial charge in [-0.25, -0.2) is 4.79 Å². The molecule has 1 N–H and O–H groups in total. The zero-order chi connectivity index (χ0) is 12.0. The molecular weight excluding hydrogens is 232 g/mol. The SMILES string of the molecule is CO/N=C/c1c(Cl)cccc1NC(=O)OC. The molecule has 6 heteroatoms. The summed E-state index contributed by atoms with van der Waals surface area (Å²) >= 11 is 5.95. The van der Waals surface area contributed by atoms with Crippen LogP contribution in [0.1, 0.15) is 5.56 Å². The molecule has 1 amide bonds. The lowest BCUT2D eigenvalue weighted by molar-refractivity contribution is 0.187. The van der Waals surface area contributed by atoms with Gasteiger partial charge in [0.15, 0.2) is 0 Å². The summed E-state index contributed by atoms with van der Waals surface area (Å²) in [7, 11) is 2.70. The largest absolute Gasteiger partial charge is 0.453 e. The van der Waals surface area contributed by atoms with Crippen LogP contribution in [0.5, 0.6) is 0 Å². The highest BCUT2D eigenvalue weighted by Crippen LogP contribution is 2.22. The number of hydrogen-bond acceptors (Lipinski definition) is 4. The second-order valence-electron chi connectivity index (χ2n) is 2.73. The Morgan fingerprint density at radius 1 is 1.50 bits per heavy atom. The molecule has 0 atom stereocenters. The van der Waals surface area contributed by atoms with Crippen LogP contribution in [0, 0.1) is 0 Å². The first-order chi connectivity index (χ1) is 7.69. The molecule has 1 aromatic rings. The second-order valence-corrected chi connectivity index (χ2v) is 3.14. The van der Waals surface area contributed by atoms with E-state index in [9.17, 15) is 4.79 Å². The van der Waals surface area contributed by atoms with Crippen molar-refractivity contribution in [1.29, 1.82) is 0 Å². The Morgan fingerprint density at radius 3 is 2.88 bits per heavy atom. The predicted molar refractivity (Wildman–Crippen MR) is 62.1 cm³/mol. The van der Waals surface area contributed by atoms with Crippen molar-refractivity contribution in [2.75, 3.05) is 19.5 Å². The van der Waals surface area contributed by atoms with E-state index in [0.29, 0.717) is 16.3 Å². The Labute approximate surface area is 98.0 Å². The van der Waals surface area contributed by atoms with Crippen LogP contribution in [-0.4, -0.2) is 26.5 Å². The van der Waals surface area contributed by atoms with Crippen molar-refractivity contribution in [2.24, 2.45) is 5.16 Å². The molecule has 5 nitrogen and oxygen atoms in total. The Balaban J connectivity index is 3.02. The molecule has 0 aromatic heterocycles. The molecule has 0 saturated carbocycles. The molecule has 0 fully saturated rings. The maximum atomic E-state index is 11.1. The number of hydrogen-bond donors (Lipinski definition) is 1. The van der Waals surface area contributed by atoms with Gasteiger partial charge in [0.05, 0.1) is 24.0 Å². The molecule has 0 unspecified atom stereocenters. The van der Waals surface area contributed by atoms with Crippen molar-refractivity contribution in [3.05, 3.63) is 28.8 Å². The Kier molecular flexibility index (Phi) is 4.60. The zero-order valence-electron chi connectivity index (χ0n) is 8.86. The molecule has 0 spiro atoms. The van der Waals surface area contributed by atoms with Crippen molar-refractivity contribution in [1.82, 2.24) is 0 Å². The topological polar surface area (TPSA) is 59.9 Å². The van der Waals surface area contributed by atoms with Crippen molar-refractivity contribution in [3.63, 3.8) is 0 Å². The first kappa shape index (κ1) is 12.3. The predicted octanol–water partition coefficient (Wildman–Crippen LogP) is 2.50. The van der Waals surface area contributed by atoms with Crippen LogP contribution < -0.4 is 5.32 Å². The van der Waals surface area contributed by atoms with Crippen molar-refractivity contribution < 1.29 is 14.4 Å².